The monoisotopic (exact) mass is 285 g/mol. The van der Waals surface area contributed by atoms with E-state index < -0.39 is 42.5 Å². The average Bonchev–Trinajstić information content (AvgIpc) is 2.85. The number of urea groups is 1. The summed E-state index contributed by atoms with van der Waals surface area (Å²) in [5, 5.41) is 18.5. The minimum Gasteiger partial charge on any atom is -0.480 e. The van der Waals surface area contributed by atoms with Crippen molar-refractivity contribution in [2.45, 2.75) is 18.6 Å². The largest absolute Gasteiger partial charge is 0.480 e. The van der Waals surface area contributed by atoms with Crippen LogP contribution in [0, 0.1) is 0 Å². The molecule has 2 rings (SSSR count). The molecule has 2 aliphatic rings. The molecule has 20 heavy (non-hydrogen) atoms. The highest BCUT2D eigenvalue weighted by molar-refractivity contribution is 6.04. The van der Waals surface area contributed by atoms with Crippen molar-refractivity contribution in [2.24, 2.45) is 0 Å². The summed E-state index contributed by atoms with van der Waals surface area (Å²) in [6, 6.07) is -1.71. The fourth-order valence-corrected chi connectivity index (χ4v) is 2.37. The van der Waals surface area contributed by atoms with E-state index in [1.165, 1.54) is 11.9 Å². The van der Waals surface area contributed by atoms with E-state index in [0.717, 1.165) is 9.80 Å². The molecule has 4 amide bonds. The summed E-state index contributed by atoms with van der Waals surface area (Å²) < 4.78 is 0. The zero-order valence-electron chi connectivity index (χ0n) is 10.9. The molecule has 2 N–H and O–H groups in total. The molecule has 2 saturated heterocycles. The Morgan fingerprint density at radius 2 is 2.00 bits per heavy atom. The summed E-state index contributed by atoms with van der Waals surface area (Å²) in [6.45, 7) is -0.711. The van der Waals surface area contributed by atoms with Crippen LogP contribution in [0.5, 0.6) is 0 Å². The highest BCUT2D eigenvalue weighted by Crippen LogP contribution is 2.19. The van der Waals surface area contributed by atoms with Crippen molar-refractivity contribution < 1.29 is 29.4 Å². The maximum absolute atomic E-state index is 12.0. The van der Waals surface area contributed by atoms with Crippen LogP contribution < -0.4 is 0 Å². The Labute approximate surface area is 114 Å². The Bertz CT molecular complexity index is 479. The van der Waals surface area contributed by atoms with Crippen molar-refractivity contribution in [3.63, 3.8) is 0 Å². The van der Waals surface area contributed by atoms with E-state index in [9.17, 15) is 24.3 Å². The number of carbonyl (C=O) groups excluding carboxylic acids is 3. The van der Waals surface area contributed by atoms with Gasteiger partial charge in [-0.15, -0.1) is 0 Å². The van der Waals surface area contributed by atoms with E-state index in [2.05, 4.69) is 0 Å². The number of nitrogens with zero attached hydrogens (tertiary/aromatic N) is 3. The number of aliphatic carboxylic acids is 1. The second-order valence-corrected chi connectivity index (χ2v) is 4.91. The smallest absolute Gasteiger partial charge is 0.327 e. The third-order valence-corrected chi connectivity index (χ3v) is 3.41. The van der Waals surface area contributed by atoms with Gasteiger partial charge in [-0.1, -0.05) is 0 Å². The lowest BCUT2D eigenvalue weighted by molar-refractivity contribution is -0.148. The molecule has 0 bridgehead atoms. The van der Waals surface area contributed by atoms with Crippen LogP contribution >= 0.6 is 0 Å². The van der Waals surface area contributed by atoms with Crippen LogP contribution in [0.3, 0.4) is 0 Å². The highest BCUT2D eigenvalue weighted by atomic mass is 16.4. The second-order valence-electron chi connectivity index (χ2n) is 4.91. The number of amides is 4. The summed E-state index contributed by atoms with van der Waals surface area (Å²) in [5.41, 5.74) is 0. The molecular formula is C11H15N3O6. The molecule has 0 aromatic carbocycles. The van der Waals surface area contributed by atoms with Crippen LogP contribution in [-0.2, 0) is 14.4 Å². The summed E-state index contributed by atoms with van der Waals surface area (Å²) >= 11 is 0. The number of carboxylic acid groups (broad SMARTS) is 1. The highest BCUT2D eigenvalue weighted by Gasteiger charge is 2.42. The van der Waals surface area contributed by atoms with Crippen LogP contribution in [0.1, 0.15) is 6.42 Å². The van der Waals surface area contributed by atoms with Crippen LogP contribution in [0.15, 0.2) is 0 Å². The lowest BCUT2D eigenvalue weighted by Gasteiger charge is -2.23. The van der Waals surface area contributed by atoms with Gasteiger partial charge >= 0.3 is 12.0 Å². The lowest BCUT2D eigenvalue weighted by atomic mass is 10.2. The lowest BCUT2D eigenvalue weighted by Crippen LogP contribution is -2.47. The Hall–Kier alpha value is -2.16. The van der Waals surface area contributed by atoms with Gasteiger partial charge in [0, 0.05) is 20.0 Å². The molecule has 110 valence electrons. The van der Waals surface area contributed by atoms with Gasteiger partial charge in [0.25, 0.3) is 5.91 Å². The van der Waals surface area contributed by atoms with Gasteiger partial charge in [-0.2, -0.15) is 0 Å². The van der Waals surface area contributed by atoms with Crippen molar-refractivity contribution >= 4 is 23.8 Å². The number of imide groups is 1. The van der Waals surface area contributed by atoms with E-state index in [-0.39, 0.29) is 19.5 Å². The molecule has 0 aromatic heterocycles. The molecule has 0 radical (unpaired) electrons. The molecule has 9 nitrogen and oxygen atoms in total. The molecule has 2 heterocycles. The van der Waals surface area contributed by atoms with Crippen LogP contribution in [0.4, 0.5) is 4.79 Å². The number of aliphatic hydroxyl groups is 1. The van der Waals surface area contributed by atoms with Crippen molar-refractivity contribution in [3.8, 4) is 0 Å². The molecule has 0 spiro atoms. The van der Waals surface area contributed by atoms with E-state index in [1.54, 1.807) is 0 Å². The van der Waals surface area contributed by atoms with E-state index in [1.807, 2.05) is 0 Å². The number of carbonyl (C=O) groups is 4. The molecule has 2 atom stereocenters. The van der Waals surface area contributed by atoms with Crippen molar-refractivity contribution in [2.75, 3.05) is 26.7 Å². The predicted molar refractivity (Wildman–Crippen MR) is 63.5 cm³/mol. The van der Waals surface area contributed by atoms with Gasteiger partial charge in [0.05, 0.1) is 6.10 Å². The number of rotatable bonds is 3. The molecule has 2 fully saturated rings. The van der Waals surface area contributed by atoms with Gasteiger partial charge in [-0.25, -0.2) is 9.59 Å². The normalized spacial score (nSPS) is 26.6. The third kappa shape index (κ3) is 2.44. The van der Waals surface area contributed by atoms with Gasteiger partial charge in [-0.05, 0) is 0 Å². The number of β-amino-alcohol motifs (C(OH)–C–C–N with tert-alkyl or cyclic N) is 1. The van der Waals surface area contributed by atoms with Gasteiger partial charge in [-0.3, -0.25) is 14.5 Å². The standard InChI is InChI=1S/C11H15N3O6/c1-12-4-8(16)14(11(12)20)5-9(17)13-3-6(15)2-7(13)10(18)19/h6-7,15H,2-5H2,1H3,(H,18,19). The zero-order valence-corrected chi connectivity index (χ0v) is 10.9. The Morgan fingerprint density at radius 3 is 2.50 bits per heavy atom. The van der Waals surface area contributed by atoms with Crippen LogP contribution in [-0.4, -0.2) is 87.6 Å². The van der Waals surface area contributed by atoms with E-state index in [0.29, 0.717) is 0 Å². The van der Waals surface area contributed by atoms with Crippen LogP contribution in [0.2, 0.25) is 0 Å². The number of aliphatic hydroxyl groups excluding tert-OH is 1. The first-order chi connectivity index (χ1) is 9.31. The van der Waals surface area contributed by atoms with Crippen molar-refractivity contribution in [1.29, 1.82) is 0 Å². The maximum atomic E-state index is 12.0. The molecule has 2 aliphatic heterocycles. The third-order valence-electron chi connectivity index (χ3n) is 3.41. The number of hydrogen-bond donors (Lipinski definition) is 2. The Kier molecular flexibility index (Phi) is 3.62. The number of carboxylic acids is 1. The summed E-state index contributed by atoms with van der Waals surface area (Å²) in [7, 11) is 1.43. The zero-order chi connectivity index (χ0) is 15.0. The summed E-state index contributed by atoms with van der Waals surface area (Å²) in [6.07, 6.45) is -0.962. The molecular weight excluding hydrogens is 270 g/mol. The number of likely N-dealkylation sites (N-methyl/N-ethyl adjacent to an activating group) is 1. The summed E-state index contributed by atoms with van der Waals surface area (Å²) in [5.74, 6) is -2.38. The van der Waals surface area contributed by atoms with Crippen molar-refractivity contribution in [3.05, 3.63) is 0 Å². The molecule has 0 saturated carbocycles. The quantitative estimate of drug-likeness (QED) is 0.575. The first-order valence-corrected chi connectivity index (χ1v) is 6.07. The van der Waals surface area contributed by atoms with E-state index >= 15 is 0 Å². The first-order valence-electron chi connectivity index (χ1n) is 6.07. The van der Waals surface area contributed by atoms with Gasteiger partial charge in [0.2, 0.25) is 5.91 Å². The first kappa shape index (κ1) is 14.3. The molecule has 2 unspecified atom stereocenters. The fourth-order valence-electron chi connectivity index (χ4n) is 2.37. The van der Waals surface area contributed by atoms with Gasteiger partial charge in [0.1, 0.15) is 19.1 Å². The average molecular weight is 285 g/mol. The van der Waals surface area contributed by atoms with Crippen LogP contribution in [0.25, 0.3) is 0 Å². The topological polar surface area (TPSA) is 118 Å². The number of likely N-dealkylation sites (tertiary alicyclic amines) is 1. The minimum absolute atomic E-state index is 0.0527. The second kappa shape index (κ2) is 5.08. The maximum Gasteiger partial charge on any atom is 0.327 e. The van der Waals surface area contributed by atoms with E-state index in [4.69, 9.17) is 5.11 Å². The SMILES string of the molecule is CN1CC(=O)N(CC(=O)N2CC(O)CC2C(=O)O)C1=O. The minimum atomic E-state index is -1.22. The van der Waals surface area contributed by atoms with Crippen molar-refractivity contribution in [1.82, 2.24) is 14.7 Å². The molecule has 0 aliphatic carbocycles. The molecule has 9 heteroatoms. The fraction of sp³-hybridized carbons (Fsp3) is 0.636. The van der Waals surface area contributed by atoms with Gasteiger partial charge < -0.3 is 20.0 Å². The van der Waals surface area contributed by atoms with Gasteiger partial charge in [0.15, 0.2) is 0 Å². The number of hydrogen-bond acceptors (Lipinski definition) is 5. The summed E-state index contributed by atoms with van der Waals surface area (Å²) in [4.78, 5) is 49.2. The molecule has 0 aromatic rings. The Morgan fingerprint density at radius 1 is 1.35 bits per heavy atom. The Balaban J connectivity index is 2.06. The predicted octanol–water partition coefficient (Wildman–Crippen LogP) is -2.07.